The van der Waals surface area contributed by atoms with Crippen LogP contribution in [0.15, 0.2) is 23.3 Å². The van der Waals surface area contributed by atoms with Gasteiger partial charge in [-0.1, -0.05) is 12.8 Å². The van der Waals surface area contributed by atoms with E-state index in [0.29, 0.717) is 11.5 Å². The van der Waals surface area contributed by atoms with E-state index in [-0.39, 0.29) is 5.69 Å². The molecule has 1 saturated carbocycles. The van der Waals surface area contributed by atoms with E-state index in [1.54, 1.807) is 12.1 Å². The number of benzene rings is 1. The number of nitrogens with one attached hydrogen (secondary N) is 1. The lowest BCUT2D eigenvalue weighted by Crippen LogP contribution is -2.39. The number of nitrogens with zero attached hydrogens (tertiary/aromatic N) is 2. The molecule has 0 bridgehead atoms. The van der Waals surface area contributed by atoms with E-state index in [4.69, 9.17) is 9.47 Å². The minimum absolute atomic E-state index is 0.233. The lowest BCUT2D eigenvalue weighted by atomic mass is 10.2. The Hall–Kier alpha value is -2.29. The molecule has 1 aliphatic carbocycles. The Morgan fingerprint density at radius 2 is 1.81 bits per heavy atom. The number of hydrogen-bond acceptors (Lipinski definition) is 6. The van der Waals surface area contributed by atoms with Gasteiger partial charge in [0.05, 0.1) is 26.2 Å². The van der Waals surface area contributed by atoms with Crippen molar-refractivity contribution in [1.29, 1.82) is 0 Å². The van der Waals surface area contributed by atoms with Crippen molar-refractivity contribution in [2.24, 2.45) is 5.10 Å². The number of anilines is 1. The highest BCUT2D eigenvalue weighted by Gasteiger charge is 2.24. The Labute approximate surface area is 160 Å². The van der Waals surface area contributed by atoms with Crippen molar-refractivity contribution in [3.8, 4) is 11.5 Å². The number of ether oxygens (including phenoxy) is 2. The minimum atomic E-state index is -3.73. The molecule has 1 N–H and O–H groups in total. The second-order valence-corrected chi connectivity index (χ2v) is 8.34. The van der Waals surface area contributed by atoms with E-state index in [0.717, 1.165) is 42.0 Å². The second-order valence-electron chi connectivity index (χ2n) is 6.43. The predicted molar refractivity (Wildman–Crippen MR) is 105 cm³/mol. The van der Waals surface area contributed by atoms with Crippen LogP contribution in [0.1, 0.15) is 38.5 Å². The summed E-state index contributed by atoms with van der Waals surface area (Å²) in [6.07, 6.45) is 7.22. The molecule has 0 heterocycles. The molecular weight excluding hydrogens is 370 g/mol. The second kappa shape index (κ2) is 9.59. The van der Waals surface area contributed by atoms with E-state index in [2.05, 4.69) is 10.5 Å². The Balaban J connectivity index is 2.20. The molecule has 0 saturated heterocycles. The molecule has 150 valence electrons. The molecule has 0 atom stereocenters. The Morgan fingerprint density at radius 3 is 2.37 bits per heavy atom. The number of methoxy groups -OCH3 is 2. The Bertz CT molecular complexity index is 782. The fourth-order valence-electron chi connectivity index (χ4n) is 2.93. The zero-order chi connectivity index (χ0) is 19.9. The first kappa shape index (κ1) is 21.0. The van der Waals surface area contributed by atoms with Gasteiger partial charge in [0.25, 0.3) is 5.91 Å². The van der Waals surface area contributed by atoms with Crippen molar-refractivity contribution in [3.63, 3.8) is 0 Å². The summed E-state index contributed by atoms with van der Waals surface area (Å²) in [6.45, 7) is -0.404. The standard InChI is InChI=1S/C18H27N3O5S/c1-25-15-10-11-17(26-2)16(12-15)21(27(3,23)24)13-18(22)20-19-14-8-6-4-5-7-9-14/h10-12H,4-9,13H2,1-3H3,(H,20,22). The van der Waals surface area contributed by atoms with Crippen molar-refractivity contribution in [1.82, 2.24) is 5.43 Å². The molecule has 0 aliphatic heterocycles. The van der Waals surface area contributed by atoms with E-state index in [1.807, 2.05) is 0 Å². The van der Waals surface area contributed by atoms with E-state index < -0.39 is 22.5 Å². The molecular formula is C18H27N3O5S. The number of carbonyl (C=O) groups is 1. The van der Waals surface area contributed by atoms with E-state index in [9.17, 15) is 13.2 Å². The lowest BCUT2D eigenvalue weighted by molar-refractivity contribution is -0.119. The highest BCUT2D eigenvalue weighted by molar-refractivity contribution is 7.92. The number of hydrogen-bond donors (Lipinski definition) is 1. The van der Waals surface area contributed by atoms with Crippen LogP contribution in [0.5, 0.6) is 11.5 Å². The number of amides is 1. The van der Waals surface area contributed by atoms with Gasteiger partial charge in [0, 0.05) is 11.8 Å². The van der Waals surface area contributed by atoms with E-state index >= 15 is 0 Å². The summed E-state index contributed by atoms with van der Waals surface area (Å²) >= 11 is 0. The molecule has 1 aromatic carbocycles. The topological polar surface area (TPSA) is 97.3 Å². The first-order chi connectivity index (χ1) is 12.8. The number of hydrazone groups is 1. The summed E-state index contributed by atoms with van der Waals surface area (Å²) in [4.78, 5) is 12.4. The normalized spacial score (nSPS) is 14.9. The van der Waals surface area contributed by atoms with Crippen molar-refractivity contribution < 1.29 is 22.7 Å². The fraction of sp³-hybridized carbons (Fsp3) is 0.556. The Morgan fingerprint density at radius 1 is 1.15 bits per heavy atom. The van der Waals surface area contributed by atoms with Gasteiger partial charge >= 0.3 is 0 Å². The quantitative estimate of drug-likeness (QED) is 0.562. The van der Waals surface area contributed by atoms with Crippen LogP contribution in [0.25, 0.3) is 0 Å². The minimum Gasteiger partial charge on any atom is -0.497 e. The summed E-state index contributed by atoms with van der Waals surface area (Å²) < 4.78 is 36.0. The first-order valence-electron chi connectivity index (χ1n) is 8.89. The maximum Gasteiger partial charge on any atom is 0.260 e. The molecule has 1 aliphatic rings. The van der Waals surface area contributed by atoms with Gasteiger partial charge in [-0.25, -0.2) is 13.8 Å². The van der Waals surface area contributed by atoms with Crippen LogP contribution >= 0.6 is 0 Å². The van der Waals surface area contributed by atoms with Gasteiger partial charge in [-0.2, -0.15) is 5.10 Å². The number of sulfonamides is 1. The van der Waals surface area contributed by atoms with Crippen molar-refractivity contribution >= 4 is 27.3 Å². The molecule has 1 aromatic rings. The highest BCUT2D eigenvalue weighted by atomic mass is 32.2. The van der Waals surface area contributed by atoms with Crippen LogP contribution in [0.3, 0.4) is 0 Å². The summed E-state index contributed by atoms with van der Waals surface area (Å²) in [5.41, 5.74) is 3.67. The maximum absolute atomic E-state index is 12.4. The molecule has 8 nitrogen and oxygen atoms in total. The summed E-state index contributed by atoms with van der Waals surface area (Å²) in [6, 6.07) is 4.77. The third kappa shape index (κ3) is 6.13. The molecule has 0 radical (unpaired) electrons. The average Bonchev–Trinajstić information content (AvgIpc) is 2.91. The molecule has 27 heavy (non-hydrogen) atoms. The third-order valence-electron chi connectivity index (χ3n) is 4.36. The van der Waals surface area contributed by atoms with Crippen LogP contribution in [0.4, 0.5) is 5.69 Å². The lowest BCUT2D eigenvalue weighted by Gasteiger charge is -2.23. The molecule has 0 unspecified atom stereocenters. The van der Waals surface area contributed by atoms with Crippen molar-refractivity contribution in [2.75, 3.05) is 31.3 Å². The summed E-state index contributed by atoms with van der Waals surface area (Å²) in [5, 5.41) is 4.19. The van der Waals surface area contributed by atoms with Gasteiger partial charge in [0.1, 0.15) is 18.0 Å². The van der Waals surface area contributed by atoms with Crippen molar-refractivity contribution in [2.45, 2.75) is 38.5 Å². The van der Waals surface area contributed by atoms with Crippen LogP contribution in [-0.2, 0) is 14.8 Å². The zero-order valence-corrected chi connectivity index (χ0v) is 16.8. The van der Waals surface area contributed by atoms with Gasteiger partial charge in [0.2, 0.25) is 10.0 Å². The van der Waals surface area contributed by atoms with E-state index in [1.165, 1.54) is 33.1 Å². The van der Waals surface area contributed by atoms with Crippen molar-refractivity contribution in [3.05, 3.63) is 18.2 Å². The molecule has 1 fully saturated rings. The number of rotatable bonds is 7. The van der Waals surface area contributed by atoms with Gasteiger partial charge in [0.15, 0.2) is 0 Å². The summed E-state index contributed by atoms with van der Waals surface area (Å²) in [7, 11) is -0.819. The molecule has 0 aromatic heterocycles. The highest BCUT2D eigenvalue weighted by Crippen LogP contribution is 2.33. The fourth-order valence-corrected chi connectivity index (χ4v) is 3.78. The molecule has 2 rings (SSSR count). The van der Waals surface area contributed by atoms with Crippen LogP contribution in [-0.4, -0.2) is 47.1 Å². The molecule has 0 spiro atoms. The smallest absolute Gasteiger partial charge is 0.260 e. The molecule has 1 amide bonds. The predicted octanol–water partition coefficient (Wildman–Crippen LogP) is 2.30. The van der Waals surface area contributed by atoms with Crippen LogP contribution < -0.4 is 19.2 Å². The maximum atomic E-state index is 12.4. The average molecular weight is 397 g/mol. The summed E-state index contributed by atoms with van der Waals surface area (Å²) in [5.74, 6) is 0.268. The van der Waals surface area contributed by atoms with Crippen LogP contribution in [0.2, 0.25) is 0 Å². The van der Waals surface area contributed by atoms with Gasteiger partial charge < -0.3 is 9.47 Å². The SMILES string of the molecule is COc1ccc(OC)c(N(CC(=O)NN=C2CCCCCC2)S(C)(=O)=O)c1. The zero-order valence-electron chi connectivity index (χ0n) is 16.0. The monoisotopic (exact) mass is 397 g/mol. The van der Waals surface area contributed by atoms with Crippen LogP contribution in [0, 0.1) is 0 Å². The first-order valence-corrected chi connectivity index (χ1v) is 10.7. The third-order valence-corrected chi connectivity index (χ3v) is 5.49. The molecule has 9 heteroatoms. The van der Waals surface area contributed by atoms with Gasteiger partial charge in [-0.05, 0) is 37.8 Å². The van der Waals surface area contributed by atoms with Gasteiger partial charge in [-0.15, -0.1) is 0 Å². The largest absolute Gasteiger partial charge is 0.497 e. The number of carbonyl (C=O) groups excluding carboxylic acids is 1. The Kier molecular flexibility index (Phi) is 7.46. The van der Waals surface area contributed by atoms with Gasteiger partial charge in [-0.3, -0.25) is 9.10 Å².